The number of halogens is 3. The summed E-state index contributed by atoms with van der Waals surface area (Å²) in [6, 6.07) is 10.2. The molecule has 2 aromatic rings. The summed E-state index contributed by atoms with van der Waals surface area (Å²) in [5.41, 5.74) is 2.30. The Morgan fingerprint density at radius 1 is 1.11 bits per heavy atom. The van der Waals surface area contributed by atoms with Crippen LogP contribution in [0.5, 0.6) is 0 Å². The monoisotopic (exact) mass is 325 g/mol. The number of nitrogens with zero attached hydrogens (tertiary/aromatic N) is 1. The molecule has 2 rings (SSSR count). The lowest BCUT2D eigenvalue weighted by Gasteiger charge is -2.23. The van der Waals surface area contributed by atoms with Crippen molar-refractivity contribution in [1.29, 1.82) is 0 Å². The van der Waals surface area contributed by atoms with Crippen LogP contribution in [0.3, 0.4) is 0 Å². The molecular formula is C15H14BrF2N. The van der Waals surface area contributed by atoms with Crippen LogP contribution in [0.4, 0.5) is 20.2 Å². The van der Waals surface area contributed by atoms with Crippen molar-refractivity contribution < 1.29 is 8.78 Å². The number of aryl methyl sites for hydroxylation is 1. The highest BCUT2D eigenvalue weighted by molar-refractivity contribution is 9.08. The third-order valence-electron chi connectivity index (χ3n) is 3.04. The second-order valence-corrected chi connectivity index (χ2v) is 4.95. The summed E-state index contributed by atoms with van der Waals surface area (Å²) in [5.74, 6) is -1.11. The SMILES string of the molecule is Cc1ccccc1N(C)c1c(F)cc(CBr)cc1F. The number of rotatable bonds is 3. The topological polar surface area (TPSA) is 3.24 Å². The first-order valence-electron chi connectivity index (χ1n) is 5.88. The lowest BCUT2D eigenvalue weighted by atomic mass is 10.1. The van der Waals surface area contributed by atoms with Crippen LogP contribution in [0, 0.1) is 18.6 Å². The van der Waals surface area contributed by atoms with Crippen LogP contribution in [0.15, 0.2) is 36.4 Å². The highest BCUT2D eigenvalue weighted by atomic mass is 79.9. The van der Waals surface area contributed by atoms with Crippen molar-refractivity contribution in [3.8, 4) is 0 Å². The molecule has 0 aliphatic rings. The zero-order valence-corrected chi connectivity index (χ0v) is 12.3. The van der Waals surface area contributed by atoms with E-state index in [1.807, 2.05) is 31.2 Å². The second kappa shape index (κ2) is 5.70. The van der Waals surface area contributed by atoms with Gasteiger partial charge in [0.2, 0.25) is 0 Å². The highest BCUT2D eigenvalue weighted by Gasteiger charge is 2.17. The molecule has 0 aliphatic carbocycles. The molecule has 4 heteroatoms. The summed E-state index contributed by atoms with van der Waals surface area (Å²) in [6.07, 6.45) is 0. The van der Waals surface area contributed by atoms with E-state index in [9.17, 15) is 8.78 Å². The molecule has 0 aliphatic heterocycles. The minimum Gasteiger partial charge on any atom is -0.340 e. The number of anilines is 2. The van der Waals surface area contributed by atoms with Crippen LogP contribution < -0.4 is 4.90 Å². The van der Waals surface area contributed by atoms with Gasteiger partial charge >= 0.3 is 0 Å². The Balaban J connectivity index is 2.50. The molecule has 100 valence electrons. The third kappa shape index (κ3) is 2.78. The van der Waals surface area contributed by atoms with Gasteiger partial charge in [0.15, 0.2) is 0 Å². The summed E-state index contributed by atoms with van der Waals surface area (Å²) in [7, 11) is 1.66. The van der Waals surface area contributed by atoms with Crippen molar-refractivity contribution in [2.75, 3.05) is 11.9 Å². The molecular weight excluding hydrogens is 312 g/mol. The smallest absolute Gasteiger partial charge is 0.150 e. The molecule has 0 unspecified atom stereocenters. The molecule has 0 radical (unpaired) electrons. The van der Waals surface area contributed by atoms with Gasteiger partial charge in [-0.2, -0.15) is 0 Å². The molecule has 0 saturated heterocycles. The van der Waals surface area contributed by atoms with Gasteiger partial charge in [-0.3, -0.25) is 0 Å². The van der Waals surface area contributed by atoms with Gasteiger partial charge in [-0.15, -0.1) is 0 Å². The van der Waals surface area contributed by atoms with Gasteiger partial charge in [0.05, 0.1) is 0 Å². The van der Waals surface area contributed by atoms with Gasteiger partial charge in [-0.05, 0) is 36.2 Å². The Morgan fingerprint density at radius 3 is 2.21 bits per heavy atom. The first kappa shape index (κ1) is 14.0. The van der Waals surface area contributed by atoms with Crippen molar-refractivity contribution in [3.63, 3.8) is 0 Å². The van der Waals surface area contributed by atoms with Crippen LogP contribution in [-0.2, 0) is 5.33 Å². The molecule has 0 spiro atoms. The molecule has 0 N–H and O–H groups in total. The predicted molar refractivity (Wildman–Crippen MR) is 78.2 cm³/mol. The van der Waals surface area contributed by atoms with Crippen LogP contribution in [0.2, 0.25) is 0 Å². The molecule has 0 aromatic heterocycles. The van der Waals surface area contributed by atoms with Crippen molar-refractivity contribution >= 4 is 27.3 Å². The zero-order chi connectivity index (χ0) is 14.0. The highest BCUT2D eigenvalue weighted by Crippen LogP contribution is 2.32. The molecule has 0 heterocycles. The Kier molecular flexibility index (Phi) is 4.20. The van der Waals surface area contributed by atoms with Crippen molar-refractivity contribution in [1.82, 2.24) is 0 Å². The van der Waals surface area contributed by atoms with Crippen LogP contribution in [-0.4, -0.2) is 7.05 Å². The van der Waals surface area contributed by atoms with Gasteiger partial charge in [-0.25, -0.2) is 8.78 Å². The molecule has 2 aromatic carbocycles. The van der Waals surface area contributed by atoms with Crippen molar-refractivity contribution in [2.24, 2.45) is 0 Å². The lowest BCUT2D eigenvalue weighted by molar-refractivity contribution is 0.582. The summed E-state index contributed by atoms with van der Waals surface area (Å²) in [4.78, 5) is 1.54. The maximum Gasteiger partial charge on any atom is 0.150 e. The number of hydrogen-bond acceptors (Lipinski definition) is 1. The van der Waals surface area contributed by atoms with E-state index in [0.29, 0.717) is 10.9 Å². The summed E-state index contributed by atoms with van der Waals surface area (Å²) in [6.45, 7) is 1.91. The minimum atomic E-state index is -0.555. The maximum absolute atomic E-state index is 14.1. The first-order chi connectivity index (χ1) is 9.04. The Bertz CT molecular complexity index is 575. The van der Waals surface area contributed by atoms with E-state index in [1.54, 1.807) is 7.05 Å². The fourth-order valence-electron chi connectivity index (χ4n) is 2.08. The fraction of sp³-hybridized carbons (Fsp3) is 0.200. The van der Waals surface area contributed by atoms with E-state index in [4.69, 9.17) is 0 Å². The molecule has 19 heavy (non-hydrogen) atoms. The molecule has 0 atom stereocenters. The van der Waals surface area contributed by atoms with Gasteiger partial charge < -0.3 is 4.90 Å². The molecule has 0 amide bonds. The Morgan fingerprint density at radius 2 is 1.68 bits per heavy atom. The van der Waals surface area contributed by atoms with Crippen LogP contribution in [0.1, 0.15) is 11.1 Å². The third-order valence-corrected chi connectivity index (χ3v) is 3.69. The second-order valence-electron chi connectivity index (χ2n) is 4.39. The van der Waals surface area contributed by atoms with E-state index in [1.165, 1.54) is 17.0 Å². The quantitative estimate of drug-likeness (QED) is 0.723. The number of benzene rings is 2. The van der Waals surface area contributed by atoms with Gasteiger partial charge in [0.1, 0.15) is 17.3 Å². The van der Waals surface area contributed by atoms with Gasteiger partial charge in [-0.1, -0.05) is 34.1 Å². The maximum atomic E-state index is 14.1. The lowest BCUT2D eigenvalue weighted by Crippen LogP contribution is -2.14. The van der Waals surface area contributed by atoms with E-state index in [-0.39, 0.29) is 5.69 Å². The molecule has 0 fully saturated rings. The van der Waals surface area contributed by atoms with Gasteiger partial charge in [0.25, 0.3) is 0 Å². The number of hydrogen-bond donors (Lipinski definition) is 0. The standard InChI is InChI=1S/C15H14BrF2N/c1-10-5-3-4-6-14(10)19(2)15-12(17)7-11(9-16)8-13(15)18/h3-8H,9H2,1-2H3. The number of para-hydroxylation sites is 1. The molecule has 0 saturated carbocycles. The van der Waals surface area contributed by atoms with Crippen molar-refractivity contribution in [2.45, 2.75) is 12.3 Å². The largest absolute Gasteiger partial charge is 0.340 e. The van der Waals surface area contributed by atoms with Crippen LogP contribution in [0.25, 0.3) is 0 Å². The summed E-state index contributed by atoms with van der Waals surface area (Å²) in [5, 5.41) is 0.426. The van der Waals surface area contributed by atoms with Gasteiger partial charge in [0, 0.05) is 18.1 Å². The van der Waals surface area contributed by atoms with E-state index in [2.05, 4.69) is 15.9 Å². The van der Waals surface area contributed by atoms with E-state index < -0.39 is 11.6 Å². The molecule has 1 nitrogen and oxygen atoms in total. The normalized spacial score (nSPS) is 10.6. The van der Waals surface area contributed by atoms with Crippen LogP contribution >= 0.6 is 15.9 Å². The average molecular weight is 326 g/mol. The first-order valence-corrected chi connectivity index (χ1v) is 7.00. The number of alkyl halides is 1. The summed E-state index contributed by atoms with van der Waals surface area (Å²) < 4.78 is 28.1. The predicted octanol–water partition coefficient (Wildman–Crippen LogP) is 4.94. The Hall–Kier alpha value is -1.42. The minimum absolute atomic E-state index is 0.0287. The average Bonchev–Trinajstić information content (AvgIpc) is 2.38. The Labute approximate surface area is 120 Å². The van der Waals surface area contributed by atoms with Crippen molar-refractivity contribution in [3.05, 3.63) is 59.2 Å². The fourth-order valence-corrected chi connectivity index (χ4v) is 2.40. The zero-order valence-electron chi connectivity index (χ0n) is 10.8. The van der Waals surface area contributed by atoms with E-state index in [0.717, 1.165) is 11.3 Å². The summed E-state index contributed by atoms with van der Waals surface area (Å²) >= 11 is 3.20. The molecule has 0 bridgehead atoms. The van der Waals surface area contributed by atoms with E-state index >= 15 is 0 Å².